The molecule has 0 aliphatic carbocycles. The molecule has 7 aliphatic heterocycles. The van der Waals surface area contributed by atoms with Gasteiger partial charge in [-0.3, -0.25) is 14.5 Å². The van der Waals surface area contributed by atoms with Gasteiger partial charge in [0.25, 0.3) is 0 Å². The molecule has 3 aromatic rings. The number of rotatable bonds is 5. The Hall–Kier alpha value is -4.09. The van der Waals surface area contributed by atoms with E-state index < -0.39 is 40.2 Å². The molecule has 1 N–H and O–H groups in total. The zero-order chi connectivity index (χ0) is 36.7. The van der Waals surface area contributed by atoms with E-state index in [9.17, 15) is 4.79 Å². The summed E-state index contributed by atoms with van der Waals surface area (Å²) in [6, 6.07) is 13.9. The number of para-hydroxylation sites is 1. The molecule has 0 radical (unpaired) electrons. The molecule has 11 heteroatoms. The fourth-order valence-corrected chi connectivity index (χ4v) is 13.4. The van der Waals surface area contributed by atoms with E-state index in [1.807, 2.05) is 30.1 Å². The lowest BCUT2D eigenvalue weighted by molar-refractivity contribution is -0.204. The second-order valence-corrected chi connectivity index (χ2v) is 16.9. The van der Waals surface area contributed by atoms with Crippen LogP contribution in [0, 0.1) is 11.8 Å². The maximum Gasteiger partial charge on any atom is 0.340 e. The SMILES string of the molecule is CCC1CCC2CN1CCc1c([nH]c3ccccc13)[C@@](C(=O)OC)(C1CC34c5ccc(OC)cc5N(C)[C@H]3[C@@]3(C(=O)OC)C[C@@H]5CCC(=O)N1[C@]54O3)C2. The largest absolute Gasteiger partial charge is 0.497 e. The quantitative estimate of drug-likeness (QED) is 0.370. The highest BCUT2D eigenvalue weighted by molar-refractivity contribution is 5.94. The Kier molecular flexibility index (Phi) is 7.09. The van der Waals surface area contributed by atoms with Crippen LogP contribution in [0.15, 0.2) is 42.5 Å². The number of H-pyrrole nitrogens is 1. The first-order valence-corrected chi connectivity index (χ1v) is 19.6. The number of methoxy groups -OCH3 is 3. The Labute approximate surface area is 310 Å². The number of nitrogens with one attached hydrogen (secondary N) is 1. The molecule has 0 saturated carbocycles. The number of aromatic amines is 1. The van der Waals surface area contributed by atoms with E-state index in [2.05, 4.69) is 46.0 Å². The minimum Gasteiger partial charge on any atom is -0.497 e. The Balaban J connectivity index is 1.26. The Bertz CT molecular complexity index is 2070. The van der Waals surface area contributed by atoms with Crippen LogP contribution < -0.4 is 9.64 Å². The molecule has 10 atom stereocenters. The minimum absolute atomic E-state index is 0.0359. The molecular weight excluding hydrogens is 672 g/mol. The van der Waals surface area contributed by atoms with Crippen molar-refractivity contribution in [2.45, 2.75) is 105 Å². The van der Waals surface area contributed by atoms with Crippen LogP contribution in [0.1, 0.15) is 75.1 Å². The number of ether oxygens (including phenoxy) is 4. The lowest BCUT2D eigenvalue weighted by atomic mass is 9.55. The number of benzene rings is 2. The lowest BCUT2D eigenvalue weighted by Gasteiger charge is -2.52. The van der Waals surface area contributed by atoms with Crippen molar-refractivity contribution in [3.63, 3.8) is 0 Å². The molecule has 2 aromatic carbocycles. The Morgan fingerprint density at radius 3 is 2.57 bits per heavy atom. The van der Waals surface area contributed by atoms with Crippen LogP contribution in [0.3, 0.4) is 0 Å². The number of amides is 1. The number of aromatic nitrogens is 1. The molecule has 2 spiro atoms. The molecule has 10 rings (SSSR count). The fourth-order valence-electron chi connectivity index (χ4n) is 13.4. The number of carbonyl (C=O) groups is 3. The molecule has 5 saturated heterocycles. The zero-order valence-corrected chi connectivity index (χ0v) is 31.4. The summed E-state index contributed by atoms with van der Waals surface area (Å²) in [6.07, 6.45) is 6.27. The number of likely N-dealkylation sites (N-methyl/N-ethyl adjacent to an activating group) is 1. The van der Waals surface area contributed by atoms with Gasteiger partial charge in [-0.1, -0.05) is 31.2 Å². The molecule has 11 nitrogen and oxygen atoms in total. The van der Waals surface area contributed by atoms with Gasteiger partial charge in [-0.05, 0) is 80.5 Å². The van der Waals surface area contributed by atoms with Gasteiger partial charge in [0.15, 0.2) is 11.3 Å². The second-order valence-electron chi connectivity index (χ2n) is 16.9. The summed E-state index contributed by atoms with van der Waals surface area (Å²) >= 11 is 0. The second kappa shape index (κ2) is 11.2. The predicted octanol–water partition coefficient (Wildman–Crippen LogP) is 4.83. The molecule has 280 valence electrons. The highest BCUT2D eigenvalue weighted by Gasteiger charge is 2.91. The normalized spacial score (nSPS) is 39.1. The number of carbonyl (C=O) groups excluding carboxylic acids is 3. The zero-order valence-electron chi connectivity index (χ0n) is 31.4. The van der Waals surface area contributed by atoms with Crippen LogP contribution in [0.4, 0.5) is 5.69 Å². The first-order chi connectivity index (χ1) is 25.6. The number of fused-ring (bicyclic) bond motifs is 8. The average molecular weight is 723 g/mol. The van der Waals surface area contributed by atoms with Crippen molar-refractivity contribution >= 4 is 34.4 Å². The van der Waals surface area contributed by atoms with Gasteiger partial charge < -0.3 is 33.7 Å². The van der Waals surface area contributed by atoms with Gasteiger partial charge in [0.2, 0.25) is 5.91 Å². The Morgan fingerprint density at radius 2 is 1.79 bits per heavy atom. The van der Waals surface area contributed by atoms with E-state index in [-0.39, 0.29) is 23.7 Å². The number of piperidine rings is 2. The highest BCUT2D eigenvalue weighted by Crippen LogP contribution is 2.77. The molecule has 8 heterocycles. The van der Waals surface area contributed by atoms with Gasteiger partial charge in [0.05, 0.1) is 38.8 Å². The molecule has 4 bridgehead atoms. The van der Waals surface area contributed by atoms with Gasteiger partial charge in [0.1, 0.15) is 11.2 Å². The minimum atomic E-state index is -1.30. The van der Waals surface area contributed by atoms with Crippen LogP contribution in [0.2, 0.25) is 0 Å². The topological polar surface area (TPSA) is 114 Å². The smallest absolute Gasteiger partial charge is 0.340 e. The Morgan fingerprint density at radius 1 is 0.981 bits per heavy atom. The molecular formula is C42H50N4O7. The van der Waals surface area contributed by atoms with Crippen molar-refractivity contribution in [3.8, 4) is 5.75 Å². The third-order valence-electron chi connectivity index (χ3n) is 15.2. The van der Waals surface area contributed by atoms with Gasteiger partial charge >= 0.3 is 11.9 Å². The predicted molar refractivity (Wildman–Crippen MR) is 197 cm³/mol. The van der Waals surface area contributed by atoms with Crippen LogP contribution in [-0.4, -0.2) is 104 Å². The summed E-state index contributed by atoms with van der Waals surface area (Å²) in [5.74, 6) is 0.0184. The monoisotopic (exact) mass is 722 g/mol. The van der Waals surface area contributed by atoms with Crippen LogP contribution in [0.25, 0.3) is 10.9 Å². The average Bonchev–Trinajstić information content (AvgIpc) is 3.94. The molecule has 53 heavy (non-hydrogen) atoms. The molecule has 5 unspecified atom stereocenters. The van der Waals surface area contributed by atoms with Gasteiger partial charge in [-0.2, -0.15) is 0 Å². The third-order valence-corrected chi connectivity index (χ3v) is 15.2. The number of hydrogen-bond donors (Lipinski definition) is 1. The summed E-state index contributed by atoms with van der Waals surface area (Å²) in [4.78, 5) is 55.2. The number of esters is 2. The summed E-state index contributed by atoms with van der Waals surface area (Å²) in [5.41, 5.74) is 0.426. The summed E-state index contributed by atoms with van der Waals surface area (Å²) < 4.78 is 24.7. The highest BCUT2D eigenvalue weighted by atomic mass is 16.6. The number of hydrogen-bond acceptors (Lipinski definition) is 9. The maximum atomic E-state index is 15.3. The van der Waals surface area contributed by atoms with Crippen molar-refractivity contribution in [2.75, 3.05) is 46.4 Å². The fraction of sp³-hybridized carbons (Fsp3) is 0.595. The van der Waals surface area contributed by atoms with E-state index in [1.54, 1.807) is 7.11 Å². The lowest BCUT2D eigenvalue weighted by Crippen LogP contribution is -2.68. The van der Waals surface area contributed by atoms with E-state index >= 15 is 9.59 Å². The first kappa shape index (κ1) is 33.5. The molecule has 1 aromatic heterocycles. The number of anilines is 1. The van der Waals surface area contributed by atoms with E-state index in [0.717, 1.165) is 72.2 Å². The summed E-state index contributed by atoms with van der Waals surface area (Å²) in [5, 5.41) is 1.11. The van der Waals surface area contributed by atoms with E-state index in [0.29, 0.717) is 43.9 Å². The maximum absolute atomic E-state index is 15.3. The molecule has 1 amide bonds. The van der Waals surface area contributed by atoms with Crippen molar-refractivity contribution in [1.82, 2.24) is 14.8 Å². The van der Waals surface area contributed by atoms with Gasteiger partial charge in [-0.25, -0.2) is 4.79 Å². The van der Waals surface area contributed by atoms with Crippen molar-refractivity contribution in [1.29, 1.82) is 0 Å². The van der Waals surface area contributed by atoms with Crippen molar-refractivity contribution in [2.24, 2.45) is 11.8 Å². The summed E-state index contributed by atoms with van der Waals surface area (Å²) in [6.45, 7) is 4.08. The van der Waals surface area contributed by atoms with Crippen molar-refractivity contribution in [3.05, 3.63) is 59.3 Å². The van der Waals surface area contributed by atoms with Crippen LogP contribution in [-0.2, 0) is 45.8 Å². The molecule has 7 aliphatic rings. The standard InChI is InChI=1S/C42H50N4O7/c1-6-26-13-11-24-20-39(37(48)51-4,35-29(17-18-45(26)23-24)28-9-7-8-10-31(28)43-35)33-22-40-30-15-14-27(50-3)19-32(30)44(2)36(40)41(38(49)52-5)21-25-12-16-34(47)46(33)42(25,40)53-41/h7-10,14-15,19,24-26,33,36,43H,6,11-13,16-18,20-23H2,1-5H3/t24?,25-,26?,33?,36+,39-,40?,41+,42-/m0/s1. The van der Waals surface area contributed by atoms with E-state index in [4.69, 9.17) is 18.9 Å². The number of nitrogens with zero attached hydrogens (tertiary/aromatic N) is 3. The van der Waals surface area contributed by atoms with E-state index in [1.165, 1.54) is 14.2 Å². The van der Waals surface area contributed by atoms with Gasteiger partial charge in [0, 0.05) is 66.9 Å². The van der Waals surface area contributed by atoms with Gasteiger partial charge in [-0.15, -0.1) is 0 Å². The van der Waals surface area contributed by atoms with Crippen LogP contribution in [0.5, 0.6) is 5.75 Å². The third kappa shape index (κ3) is 3.80. The first-order valence-electron chi connectivity index (χ1n) is 19.6. The summed E-state index contributed by atoms with van der Waals surface area (Å²) in [7, 11) is 6.60. The van der Waals surface area contributed by atoms with Crippen molar-refractivity contribution < 1.29 is 33.3 Å². The molecule has 5 fully saturated rings. The van der Waals surface area contributed by atoms with Crippen LogP contribution >= 0.6 is 0 Å².